The van der Waals surface area contributed by atoms with Crippen LogP contribution in [0.5, 0.6) is 0 Å². The molecule has 4 heterocycles. The normalized spacial score (nSPS) is 34.6. The van der Waals surface area contributed by atoms with Crippen molar-refractivity contribution in [3.63, 3.8) is 0 Å². The van der Waals surface area contributed by atoms with Crippen LogP contribution in [0.1, 0.15) is 23.7 Å². The van der Waals surface area contributed by atoms with Crippen molar-refractivity contribution >= 4 is 16.9 Å². The molecule has 6 N–H and O–H groups in total. The summed E-state index contributed by atoms with van der Waals surface area (Å²) in [6.07, 6.45) is -4.66. The standard InChI is InChI=1S/C27H33FN2O9/c1-3-12-15(9-18-21-14(7-8-29-18)13-5-4-6-17(28)20(13)30-21)16(25(35)36-2)11-37-26(12)39-27-24(34)23(33)22(32)19(10-31)38-27/h3-6,11-12,15,18-19,22-24,26-27,29-34H,1,7-10H2,2H3/t12-,15+,18+,19?,22?,23?,24?,26+,27?/m1/s1. The van der Waals surface area contributed by atoms with E-state index < -0.39 is 61.4 Å². The summed E-state index contributed by atoms with van der Waals surface area (Å²) in [5, 5.41) is 44.5. The van der Waals surface area contributed by atoms with Gasteiger partial charge in [-0.15, -0.1) is 6.58 Å². The third kappa shape index (κ3) is 4.97. The van der Waals surface area contributed by atoms with Gasteiger partial charge in [-0.1, -0.05) is 18.2 Å². The fourth-order valence-electron chi connectivity index (χ4n) is 5.78. The molecular weight excluding hydrogens is 515 g/mol. The summed E-state index contributed by atoms with van der Waals surface area (Å²) in [7, 11) is 1.26. The van der Waals surface area contributed by atoms with Crippen molar-refractivity contribution in [2.24, 2.45) is 11.8 Å². The number of ether oxygens (including phenoxy) is 4. The number of aromatic amines is 1. The van der Waals surface area contributed by atoms with E-state index in [-0.39, 0.29) is 17.4 Å². The molecule has 1 fully saturated rings. The van der Waals surface area contributed by atoms with Crippen molar-refractivity contribution in [3.8, 4) is 0 Å². The Morgan fingerprint density at radius 1 is 1.23 bits per heavy atom. The summed E-state index contributed by atoms with van der Waals surface area (Å²) in [5.41, 5.74) is 2.50. The number of aromatic nitrogens is 1. The Kier molecular flexibility index (Phi) is 8.06. The first kappa shape index (κ1) is 27.7. The number of halogens is 1. The summed E-state index contributed by atoms with van der Waals surface area (Å²) >= 11 is 0. The Morgan fingerprint density at radius 2 is 2.03 bits per heavy atom. The lowest BCUT2D eigenvalue weighted by atomic mass is 9.78. The van der Waals surface area contributed by atoms with Crippen LogP contribution in [0.2, 0.25) is 0 Å². The van der Waals surface area contributed by atoms with Crippen molar-refractivity contribution in [1.29, 1.82) is 0 Å². The molecule has 5 rings (SSSR count). The van der Waals surface area contributed by atoms with Crippen molar-refractivity contribution in [1.82, 2.24) is 10.3 Å². The molecule has 0 saturated carbocycles. The van der Waals surface area contributed by atoms with Gasteiger partial charge in [0.15, 0.2) is 6.29 Å². The second-order valence-corrected chi connectivity index (χ2v) is 9.99. The molecule has 212 valence electrons. The number of aliphatic hydroxyl groups excluding tert-OH is 4. The molecule has 0 aliphatic carbocycles. The van der Waals surface area contributed by atoms with Gasteiger partial charge in [-0.3, -0.25) is 0 Å². The molecule has 1 aromatic heterocycles. The highest BCUT2D eigenvalue weighted by molar-refractivity contribution is 5.89. The van der Waals surface area contributed by atoms with Gasteiger partial charge in [0.1, 0.15) is 30.2 Å². The number of hydrogen-bond donors (Lipinski definition) is 6. The largest absolute Gasteiger partial charge is 0.471 e. The smallest absolute Gasteiger partial charge is 0.337 e. The number of benzene rings is 1. The number of carbonyl (C=O) groups excluding carboxylic acids is 1. The number of hydrogen-bond acceptors (Lipinski definition) is 10. The molecule has 0 spiro atoms. The zero-order valence-electron chi connectivity index (χ0n) is 21.3. The lowest BCUT2D eigenvalue weighted by Crippen LogP contribution is -2.60. The van der Waals surface area contributed by atoms with E-state index in [9.17, 15) is 29.6 Å². The lowest BCUT2D eigenvalue weighted by Gasteiger charge is -2.43. The molecule has 2 aromatic rings. The number of carbonyl (C=O) groups is 1. The molecule has 12 heteroatoms. The molecule has 0 bridgehead atoms. The van der Waals surface area contributed by atoms with Crippen LogP contribution in [-0.4, -0.2) is 88.6 Å². The van der Waals surface area contributed by atoms with Crippen molar-refractivity contribution < 1.29 is 48.6 Å². The molecule has 0 amide bonds. The van der Waals surface area contributed by atoms with Crippen LogP contribution >= 0.6 is 0 Å². The summed E-state index contributed by atoms with van der Waals surface area (Å²) in [5.74, 6) is -2.14. The van der Waals surface area contributed by atoms with Crippen LogP contribution in [-0.2, 0) is 30.2 Å². The first-order valence-electron chi connectivity index (χ1n) is 12.8. The predicted molar refractivity (Wildman–Crippen MR) is 134 cm³/mol. The summed E-state index contributed by atoms with van der Waals surface area (Å²) < 4.78 is 36.6. The Labute approximate surface area is 223 Å². The second-order valence-electron chi connectivity index (χ2n) is 9.99. The monoisotopic (exact) mass is 548 g/mol. The number of methoxy groups -OCH3 is 1. The zero-order chi connectivity index (χ0) is 27.8. The first-order chi connectivity index (χ1) is 18.8. The van der Waals surface area contributed by atoms with Gasteiger partial charge in [-0.2, -0.15) is 0 Å². The zero-order valence-corrected chi connectivity index (χ0v) is 21.3. The number of nitrogens with one attached hydrogen (secondary N) is 2. The third-order valence-corrected chi connectivity index (χ3v) is 7.84. The van der Waals surface area contributed by atoms with Crippen molar-refractivity contribution in [2.45, 2.75) is 55.9 Å². The molecule has 11 nitrogen and oxygen atoms in total. The Hall–Kier alpha value is -2.84. The van der Waals surface area contributed by atoms with Gasteiger partial charge >= 0.3 is 5.97 Å². The van der Waals surface area contributed by atoms with Crippen LogP contribution in [0.4, 0.5) is 4.39 Å². The van der Waals surface area contributed by atoms with Gasteiger partial charge in [0, 0.05) is 29.0 Å². The van der Waals surface area contributed by atoms with E-state index in [0.29, 0.717) is 24.9 Å². The Bertz CT molecular complexity index is 1250. The Morgan fingerprint density at radius 3 is 2.74 bits per heavy atom. The van der Waals surface area contributed by atoms with Gasteiger partial charge < -0.3 is 49.7 Å². The average Bonchev–Trinajstić information content (AvgIpc) is 3.34. The maximum atomic E-state index is 14.5. The first-order valence-corrected chi connectivity index (χ1v) is 12.8. The molecular formula is C27H33FN2O9. The minimum atomic E-state index is -1.63. The summed E-state index contributed by atoms with van der Waals surface area (Å²) in [6, 6.07) is 4.67. The van der Waals surface area contributed by atoms with Crippen molar-refractivity contribution in [3.05, 3.63) is 59.8 Å². The van der Waals surface area contributed by atoms with E-state index in [4.69, 9.17) is 18.9 Å². The quantitative estimate of drug-likeness (QED) is 0.213. The minimum absolute atomic E-state index is 0.243. The van der Waals surface area contributed by atoms with Gasteiger partial charge in [-0.05, 0) is 31.0 Å². The van der Waals surface area contributed by atoms with Gasteiger partial charge in [0.2, 0.25) is 6.29 Å². The van der Waals surface area contributed by atoms with Gasteiger partial charge in [0.05, 0.1) is 31.1 Å². The highest BCUT2D eigenvalue weighted by Gasteiger charge is 2.48. The molecule has 39 heavy (non-hydrogen) atoms. The van der Waals surface area contributed by atoms with Crippen LogP contribution in [0.15, 0.2) is 42.7 Å². The number of fused-ring (bicyclic) bond motifs is 3. The fraction of sp³-hybridized carbons (Fsp3) is 0.519. The SMILES string of the molecule is C=C[C@H]1[C@H](OC2OC(CO)C(O)C(O)C2O)OC=C(C(=O)OC)[C@H]1C[C@@H]1NCCc2c1[nH]c1c(F)cccc21. The number of rotatable bonds is 7. The van der Waals surface area contributed by atoms with E-state index in [1.54, 1.807) is 12.1 Å². The molecule has 9 atom stereocenters. The average molecular weight is 549 g/mol. The van der Waals surface area contributed by atoms with E-state index in [1.807, 2.05) is 6.07 Å². The van der Waals surface area contributed by atoms with E-state index in [1.165, 1.54) is 19.4 Å². The van der Waals surface area contributed by atoms with E-state index in [0.717, 1.165) is 16.6 Å². The van der Waals surface area contributed by atoms with Crippen LogP contribution < -0.4 is 5.32 Å². The predicted octanol–water partition coefficient (Wildman–Crippen LogP) is 0.532. The summed E-state index contributed by atoms with van der Waals surface area (Å²) in [4.78, 5) is 16.0. The van der Waals surface area contributed by atoms with Gasteiger partial charge in [0.25, 0.3) is 0 Å². The molecule has 5 unspecified atom stereocenters. The second kappa shape index (κ2) is 11.3. The number of aliphatic hydroxyl groups is 4. The van der Waals surface area contributed by atoms with Crippen molar-refractivity contribution in [2.75, 3.05) is 20.3 Å². The maximum absolute atomic E-state index is 14.5. The van der Waals surface area contributed by atoms with Gasteiger partial charge in [-0.25, -0.2) is 9.18 Å². The topological polar surface area (TPSA) is 163 Å². The molecule has 0 radical (unpaired) electrons. The maximum Gasteiger partial charge on any atom is 0.337 e. The molecule has 3 aliphatic rings. The van der Waals surface area contributed by atoms with Crippen LogP contribution in [0.25, 0.3) is 10.9 Å². The molecule has 1 saturated heterocycles. The van der Waals surface area contributed by atoms with Crippen LogP contribution in [0, 0.1) is 17.7 Å². The highest BCUT2D eigenvalue weighted by atomic mass is 19.1. The fourth-order valence-corrected chi connectivity index (χ4v) is 5.78. The number of esters is 1. The lowest BCUT2D eigenvalue weighted by molar-refractivity contribution is -0.339. The van der Waals surface area contributed by atoms with E-state index in [2.05, 4.69) is 16.9 Å². The summed E-state index contributed by atoms with van der Waals surface area (Å²) in [6.45, 7) is 3.94. The highest BCUT2D eigenvalue weighted by Crippen LogP contribution is 2.42. The molecule has 3 aliphatic heterocycles. The minimum Gasteiger partial charge on any atom is -0.471 e. The van der Waals surface area contributed by atoms with E-state index >= 15 is 0 Å². The number of para-hydroxylation sites is 1. The third-order valence-electron chi connectivity index (χ3n) is 7.84. The van der Waals surface area contributed by atoms with Crippen LogP contribution in [0.3, 0.4) is 0 Å². The molecule has 1 aromatic carbocycles. The number of H-pyrrole nitrogens is 1. The Balaban J connectivity index is 1.44.